The summed E-state index contributed by atoms with van der Waals surface area (Å²) in [6.07, 6.45) is -3.65. The van der Waals surface area contributed by atoms with Crippen molar-refractivity contribution in [2.45, 2.75) is 17.1 Å². The van der Waals surface area contributed by atoms with Crippen LogP contribution in [0.1, 0.15) is 11.4 Å². The molecule has 0 bridgehead atoms. The van der Waals surface area contributed by atoms with Crippen molar-refractivity contribution in [3.8, 4) is 0 Å². The molecule has 31 heavy (non-hydrogen) atoms. The standard InChI is InChI=1S/C18H11ClF3N7OS/c1-27-15(30)10-4-2-3-5-12(10)29-13(23-25-16(27)29)8-31-17-26-24-14-11(19)6-9(7-28(14)17)18(20,21)22/h2-7H,8H2,1H3. The number of rotatable bonds is 3. The van der Waals surface area contributed by atoms with Gasteiger partial charge in [-0.3, -0.25) is 18.2 Å². The average Bonchev–Trinajstić information content (AvgIpc) is 3.34. The van der Waals surface area contributed by atoms with E-state index in [2.05, 4.69) is 20.4 Å². The number of hydrogen-bond acceptors (Lipinski definition) is 6. The van der Waals surface area contributed by atoms with Crippen LogP contribution in [-0.4, -0.2) is 33.8 Å². The van der Waals surface area contributed by atoms with E-state index in [-0.39, 0.29) is 27.1 Å². The Morgan fingerprint density at radius 3 is 2.68 bits per heavy atom. The van der Waals surface area contributed by atoms with Crippen LogP contribution in [0.25, 0.3) is 22.3 Å². The van der Waals surface area contributed by atoms with Gasteiger partial charge in [-0.2, -0.15) is 13.2 Å². The van der Waals surface area contributed by atoms with E-state index in [1.807, 2.05) is 0 Å². The topological polar surface area (TPSA) is 82.4 Å². The van der Waals surface area contributed by atoms with Crippen LogP contribution in [0.2, 0.25) is 5.02 Å². The number of fused-ring (bicyclic) bond motifs is 4. The van der Waals surface area contributed by atoms with E-state index < -0.39 is 11.7 Å². The van der Waals surface area contributed by atoms with E-state index >= 15 is 0 Å². The molecular weight excluding hydrogens is 455 g/mol. The molecule has 0 saturated heterocycles. The second kappa shape index (κ2) is 6.95. The van der Waals surface area contributed by atoms with Gasteiger partial charge < -0.3 is 0 Å². The second-order valence-corrected chi connectivity index (χ2v) is 8.02. The third-order valence-corrected chi connectivity index (χ3v) is 6.00. The average molecular weight is 466 g/mol. The highest BCUT2D eigenvalue weighted by Gasteiger charge is 2.32. The molecule has 158 valence electrons. The van der Waals surface area contributed by atoms with Gasteiger partial charge in [0.2, 0.25) is 5.78 Å². The Bertz CT molecular complexity index is 1540. The van der Waals surface area contributed by atoms with Crippen LogP contribution in [0.4, 0.5) is 13.2 Å². The fraction of sp³-hybridized carbons (Fsp3) is 0.167. The van der Waals surface area contributed by atoms with Gasteiger partial charge >= 0.3 is 6.18 Å². The summed E-state index contributed by atoms with van der Waals surface area (Å²) in [5, 5.41) is 16.7. The van der Waals surface area contributed by atoms with Crippen molar-refractivity contribution in [1.82, 2.24) is 33.8 Å². The van der Waals surface area contributed by atoms with Crippen molar-refractivity contribution < 1.29 is 13.2 Å². The third-order valence-electron chi connectivity index (χ3n) is 4.78. The molecule has 8 nitrogen and oxygen atoms in total. The first-order chi connectivity index (χ1) is 14.8. The molecule has 0 N–H and O–H groups in total. The lowest BCUT2D eigenvalue weighted by Gasteiger charge is -2.09. The van der Waals surface area contributed by atoms with Crippen molar-refractivity contribution >= 4 is 45.7 Å². The number of aryl methyl sites for hydroxylation is 1. The van der Waals surface area contributed by atoms with Crippen molar-refractivity contribution in [2.75, 3.05) is 0 Å². The molecule has 13 heteroatoms. The van der Waals surface area contributed by atoms with Crippen LogP contribution >= 0.6 is 23.4 Å². The Balaban J connectivity index is 1.59. The van der Waals surface area contributed by atoms with Crippen LogP contribution in [0.3, 0.4) is 0 Å². The summed E-state index contributed by atoms with van der Waals surface area (Å²) >= 11 is 7.09. The minimum atomic E-state index is -4.56. The lowest BCUT2D eigenvalue weighted by atomic mass is 10.2. The molecule has 0 atom stereocenters. The zero-order chi connectivity index (χ0) is 21.9. The van der Waals surface area contributed by atoms with Crippen LogP contribution < -0.4 is 5.56 Å². The number of para-hydroxylation sites is 1. The second-order valence-electron chi connectivity index (χ2n) is 6.67. The van der Waals surface area contributed by atoms with Gasteiger partial charge in [0.05, 0.1) is 27.2 Å². The lowest BCUT2D eigenvalue weighted by Crippen LogP contribution is -2.20. The molecule has 0 fully saturated rings. The van der Waals surface area contributed by atoms with Crippen LogP contribution in [0, 0.1) is 0 Å². The van der Waals surface area contributed by atoms with Crippen LogP contribution in [0.5, 0.6) is 0 Å². The van der Waals surface area contributed by atoms with Gasteiger partial charge in [0.25, 0.3) is 5.56 Å². The van der Waals surface area contributed by atoms with Gasteiger partial charge in [-0.05, 0) is 18.2 Å². The SMILES string of the molecule is Cn1c(=O)c2ccccc2n2c(CSc3nnc4c(Cl)cc(C(F)(F)F)cn34)nnc12. The molecule has 0 aliphatic heterocycles. The largest absolute Gasteiger partial charge is 0.417 e. The minimum Gasteiger partial charge on any atom is -0.279 e. The zero-order valence-electron chi connectivity index (χ0n) is 15.6. The first-order valence-electron chi connectivity index (χ1n) is 8.81. The number of hydrogen-bond donors (Lipinski definition) is 0. The minimum absolute atomic E-state index is 0.121. The Hall–Kier alpha value is -3.12. The van der Waals surface area contributed by atoms with Crippen LogP contribution in [0.15, 0.2) is 46.5 Å². The smallest absolute Gasteiger partial charge is 0.279 e. The van der Waals surface area contributed by atoms with Crippen LogP contribution in [-0.2, 0) is 19.0 Å². The maximum Gasteiger partial charge on any atom is 0.417 e. The Morgan fingerprint density at radius 1 is 1.13 bits per heavy atom. The molecule has 5 rings (SSSR count). The van der Waals surface area contributed by atoms with Gasteiger partial charge in [0.15, 0.2) is 10.8 Å². The molecule has 4 heterocycles. The summed E-state index contributed by atoms with van der Waals surface area (Å²) in [4.78, 5) is 12.5. The van der Waals surface area contributed by atoms with E-state index in [0.29, 0.717) is 22.5 Å². The summed E-state index contributed by atoms with van der Waals surface area (Å²) in [6.45, 7) is 0. The van der Waals surface area contributed by atoms with Gasteiger partial charge in [0.1, 0.15) is 5.82 Å². The van der Waals surface area contributed by atoms with Crippen molar-refractivity contribution in [3.63, 3.8) is 0 Å². The first-order valence-corrected chi connectivity index (χ1v) is 10.2. The highest BCUT2D eigenvalue weighted by atomic mass is 35.5. The van der Waals surface area contributed by atoms with Gasteiger partial charge in [-0.1, -0.05) is 35.5 Å². The number of benzene rings is 1. The Kier molecular flexibility index (Phi) is 4.45. The predicted molar refractivity (Wildman–Crippen MR) is 108 cm³/mol. The summed E-state index contributed by atoms with van der Waals surface area (Å²) in [5.74, 6) is 1.08. The fourth-order valence-corrected chi connectivity index (χ4v) is 4.37. The normalized spacial score (nSPS) is 12.4. The summed E-state index contributed by atoms with van der Waals surface area (Å²) in [7, 11) is 1.60. The highest BCUT2D eigenvalue weighted by Crippen LogP contribution is 2.33. The maximum atomic E-state index is 13.2. The van der Waals surface area contributed by atoms with E-state index in [4.69, 9.17) is 11.6 Å². The first kappa shape index (κ1) is 19.8. The quantitative estimate of drug-likeness (QED) is 0.379. The van der Waals surface area contributed by atoms with Gasteiger partial charge in [0, 0.05) is 13.2 Å². The van der Waals surface area contributed by atoms with Crippen molar-refractivity contribution in [1.29, 1.82) is 0 Å². The number of halogens is 4. The molecule has 0 spiro atoms. The monoisotopic (exact) mass is 465 g/mol. The molecular formula is C18H11ClF3N7OS. The predicted octanol–water partition coefficient (Wildman–Crippen LogP) is 3.59. The van der Waals surface area contributed by atoms with E-state index in [1.165, 1.54) is 8.97 Å². The molecule has 4 aromatic heterocycles. The van der Waals surface area contributed by atoms with Gasteiger partial charge in [-0.25, -0.2) is 0 Å². The highest BCUT2D eigenvalue weighted by molar-refractivity contribution is 7.98. The molecule has 5 aromatic rings. The molecule has 0 aliphatic rings. The Morgan fingerprint density at radius 2 is 1.90 bits per heavy atom. The summed E-state index contributed by atoms with van der Waals surface area (Å²) in [6, 6.07) is 7.87. The maximum absolute atomic E-state index is 13.2. The summed E-state index contributed by atoms with van der Waals surface area (Å²) < 4.78 is 43.8. The Labute approximate surface area is 180 Å². The van der Waals surface area contributed by atoms with Gasteiger partial charge in [-0.15, -0.1) is 20.4 Å². The number of alkyl halides is 3. The molecule has 0 unspecified atom stereocenters. The molecule has 0 aliphatic carbocycles. The fourth-order valence-electron chi connectivity index (χ4n) is 3.30. The number of thioether (sulfide) groups is 1. The molecule has 0 radical (unpaired) electrons. The number of aromatic nitrogens is 7. The lowest BCUT2D eigenvalue weighted by molar-refractivity contribution is -0.137. The summed E-state index contributed by atoms with van der Waals surface area (Å²) in [5.41, 5.74) is -0.348. The molecule has 0 saturated carbocycles. The molecule has 1 aromatic carbocycles. The van der Waals surface area contributed by atoms with Crippen molar-refractivity contribution in [2.24, 2.45) is 7.05 Å². The third kappa shape index (κ3) is 3.13. The van der Waals surface area contributed by atoms with E-state index in [0.717, 1.165) is 24.0 Å². The molecule has 0 amide bonds. The number of nitrogens with zero attached hydrogens (tertiary/aromatic N) is 7. The zero-order valence-corrected chi connectivity index (χ0v) is 17.2. The van der Waals surface area contributed by atoms with E-state index in [9.17, 15) is 18.0 Å². The van der Waals surface area contributed by atoms with E-state index in [1.54, 1.807) is 35.7 Å². The number of pyridine rings is 1. The van der Waals surface area contributed by atoms with Crippen molar-refractivity contribution in [3.05, 3.63) is 63.3 Å².